The van der Waals surface area contributed by atoms with E-state index >= 15 is 0 Å². The average Bonchev–Trinajstić information content (AvgIpc) is 3.32. The molecule has 0 spiro atoms. The molecule has 0 unspecified atom stereocenters. The molecule has 1 aromatic carbocycles. The quantitative estimate of drug-likeness (QED) is 0.613. The van der Waals surface area contributed by atoms with E-state index in [0.717, 1.165) is 4.88 Å². The zero-order chi connectivity index (χ0) is 22.5. The maximum atomic E-state index is 12.7. The number of hydrogen-bond donors (Lipinski definition) is 2. The summed E-state index contributed by atoms with van der Waals surface area (Å²) >= 11 is 1.40. The number of nitrogens with one attached hydrogen (secondary N) is 2. The van der Waals surface area contributed by atoms with Crippen molar-refractivity contribution in [2.24, 2.45) is 0 Å². The second-order valence-corrected chi connectivity index (χ2v) is 7.95. The second kappa shape index (κ2) is 9.73. The molecule has 10 heteroatoms. The van der Waals surface area contributed by atoms with Crippen molar-refractivity contribution in [2.75, 3.05) is 26.4 Å². The second-order valence-electron chi connectivity index (χ2n) is 6.98. The summed E-state index contributed by atoms with van der Waals surface area (Å²) < 4.78 is 21.6. The first-order valence-corrected chi connectivity index (χ1v) is 11.0. The van der Waals surface area contributed by atoms with Gasteiger partial charge in [0, 0.05) is 4.88 Å². The molecule has 2 aliphatic heterocycles. The minimum atomic E-state index is -0.686. The van der Waals surface area contributed by atoms with E-state index < -0.39 is 24.0 Å². The normalized spacial score (nSPS) is 17.3. The molecule has 2 N–H and O–H groups in total. The molecule has 0 saturated carbocycles. The molecule has 32 heavy (non-hydrogen) atoms. The summed E-state index contributed by atoms with van der Waals surface area (Å²) in [6.45, 7) is 2.53. The van der Waals surface area contributed by atoms with Gasteiger partial charge >= 0.3 is 18.0 Å². The molecule has 3 heterocycles. The van der Waals surface area contributed by atoms with Gasteiger partial charge in [0.2, 0.25) is 0 Å². The zero-order valence-corrected chi connectivity index (χ0v) is 18.2. The Morgan fingerprint density at radius 2 is 1.97 bits per heavy atom. The highest BCUT2D eigenvalue weighted by Gasteiger charge is 2.34. The molecule has 2 aromatic rings. The van der Waals surface area contributed by atoms with Crippen LogP contribution in [0.1, 0.15) is 23.4 Å². The number of amides is 2. The largest absolute Gasteiger partial charge is 0.486 e. The molecular weight excluding hydrogens is 436 g/mol. The van der Waals surface area contributed by atoms with Gasteiger partial charge in [0.15, 0.2) is 11.5 Å². The molecule has 168 valence electrons. The van der Waals surface area contributed by atoms with Crippen LogP contribution in [0.4, 0.5) is 4.79 Å². The van der Waals surface area contributed by atoms with Gasteiger partial charge in [-0.15, -0.1) is 11.3 Å². The fraction of sp³-hybridized carbons (Fsp3) is 0.318. The zero-order valence-electron chi connectivity index (χ0n) is 17.3. The summed E-state index contributed by atoms with van der Waals surface area (Å²) in [5, 5.41) is 7.15. The number of carbonyl (C=O) groups is 3. The molecule has 0 fully saturated rings. The van der Waals surface area contributed by atoms with E-state index in [2.05, 4.69) is 10.6 Å². The van der Waals surface area contributed by atoms with Crippen LogP contribution >= 0.6 is 11.3 Å². The molecule has 2 aliphatic rings. The van der Waals surface area contributed by atoms with Crippen LogP contribution in [0.3, 0.4) is 0 Å². The summed E-state index contributed by atoms with van der Waals surface area (Å²) in [5.74, 6) is 0.113. The minimum Gasteiger partial charge on any atom is -0.486 e. The highest BCUT2D eigenvalue weighted by Crippen LogP contribution is 2.32. The Bertz CT molecular complexity index is 1050. The van der Waals surface area contributed by atoms with E-state index in [0.29, 0.717) is 30.3 Å². The molecule has 9 nitrogen and oxygen atoms in total. The van der Waals surface area contributed by atoms with E-state index in [4.69, 9.17) is 18.9 Å². The summed E-state index contributed by atoms with van der Waals surface area (Å²) in [7, 11) is 0. The van der Waals surface area contributed by atoms with Crippen LogP contribution in [0, 0.1) is 0 Å². The SMILES string of the molecule is CCOC(=O)C1=C(COC(=O)Cc2ccc3c(c2)OCCO3)NC(=O)N[C@H]1c1cccs1. The van der Waals surface area contributed by atoms with E-state index in [9.17, 15) is 14.4 Å². The van der Waals surface area contributed by atoms with Crippen LogP contribution in [-0.4, -0.2) is 44.4 Å². The molecule has 0 bridgehead atoms. The number of urea groups is 1. The van der Waals surface area contributed by atoms with Crippen LogP contribution in [-0.2, 0) is 25.5 Å². The maximum Gasteiger partial charge on any atom is 0.338 e. The van der Waals surface area contributed by atoms with E-state index in [1.165, 1.54) is 11.3 Å². The molecule has 2 amide bonds. The van der Waals surface area contributed by atoms with Crippen molar-refractivity contribution in [1.82, 2.24) is 10.6 Å². The van der Waals surface area contributed by atoms with Crippen LogP contribution < -0.4 is 20.1 Å². The lowest BCUT2D eigenvalue weighted by Gasteiger charge is -2.28. The first kappa shape index (κ1) is 21.7. The average molecular weight is 458 g/mol. The molecule has 1 atom stereocenters. The lowest BCUT2D eigenvalue weighted by atomic mass is 10.0. The lowest BCUT2D eigenvalue weighted by molar-refractivity contribution is -0.143. The van der Waals surface area contributed by atoms with Gasteiger partial charge in [0.05, 0.1) is 30.3 Å². The predicted molar refractivity (Wildman–Crippen MR) is 114 cm³/mol. The van der Waals surface area contributed by atoms with Crippen LogP contribution in [0.25, 0.3) is 0 Å². The molecule has 0 radical (unpaired) electrons. The minimum absolute atomic E-state index is 0.000784. The molecule has 4 rings (SSSR count). The first-order valence-electron chi connectivity index (χ1n) is 10.1. The first-order chi connectivity index (χ1) is 15.5. The van der Waals surface area contributed by atoms with Gasteiger partial charge in [-0.25, -0.2) is 9.59 Å². The van der Waals surface area contributed by atoms with Crippen molar-refractivity contribution in [1.29, 1.82) is 0 Å². The summed E-state index contributed by atoms with van der Waals surface area (Å²) in [6, 6.07) is 7.70. The van der Waals surface area contributed by atoms with Crippen molar-refractivity contribution >= 4 is 29.3 Å². The summed E-state index contributed by atoms with van der Waals surface area (Å²) in [5.41, 5.74) is 1.10. The Labute approximate surface area is 188 Å². The Balaban J connectivity index is 1.49. The number of benzene rings is 1. The summed E-state index contributed by atoms with van der Waals surface area (Å²) in [4.78, 5) is 38.1. The van der Waals surface area contributed by atoms with Gasteiger partial charge in [0.1, 0.15) is 19.8 Å². The molecule has 0 saturated heterocycles. The Kier molecular flexibility index (Phi) is 6.60. The standard InChI is InChI=1S/C22H22N2O7S/c1-2-28-21(26)19-14(23-22(27)24-20(19)17-4-3-9-32-17)12-31-18(25)11-13-5-6-15-16(10-13)30-8-7-29-15/h3-6,9-10,20H,2,7-8,11-12H2,1H3,(H2,23,24,27)/t20-/m0/s1. The van der Waals surface area contributed by atoms with Gasteiger partial charge in [-0.05, 0) is 36.1 Å². The Morgan fingerprint density at radius 1 is 1.16 bits per heavy atom. The molecule has 1 aromatic heterocycles. The van der Waals surface area contributed by atoms with Gasteiger partial charge in [-0.1, -0.05) is 12.1 Å². The smallest absolute Gasteiger partial charge is 0.338 e. The number of ether oxygens (including phenoxy) is 4. The van der Waals surface area contributed by atoms with Crippen LogP contribution in [0.15, 0.2) is 47.0 Å². The van der Waals surface area contributed by atoms with Crippen molar-refractivity contribution in [3.05, 3.63) is 57.4 Å². The van der Waals surface area contributed by atoms with E-state index in [1.807, 2.05) is 17.5 Å². The van der Waals surface area contributed by atoms with Crippen molar-refractivity contribution in [3.8, 4) is 11.5 Å². The Hall–Kier alpha value is -3.53. The third-order valence-electron chi connectivity index (χ3n) is 4.81. The lowest BCUT2D eigenvalue weighted by Crippen LogP contribution is -2.47. The van der Waals surface area contributed by atoms with Gasteiger partial charge in [-0.2, -0.15) is 0 Å². The van der Waals surface area contributed by atoms with Gasteiger partial charge in [0.25, 0.3) is 0 Å². The fourth-order valence-corrected chi connectivity index (χ4v) is 4.20. The molecule has 0 aliphatic carbocycles. The predicted octanol–water partition coefficient (Wildman–Crippen LogP) is 2.48. The highest BCUT2D eigenvalue weighted by atomic mass is 32.1. The van der Waals surface area contributed by atoms with Gasteiger partial charge in [-0.3, -0.25) is 4.79 Å². The third kappa shape index (κ3) is 4.86. The maximum absolute atomic E-state index is 12.7. The monoisotopic (exact) mass is 458 g/mol. The van der Waals surface area contributed by atoms with Crippen molar-refractivity contribution < 1.29 is 33.3 Å². The van der Waals surface area contributed by atoms with E-state index in [1.54, 1.807) is 25.1 Å². The Morgan fingerprint density at radius 3 is 2.72 bits per heavy atom. The van der Waals surface area contributed by atoms with Crippen LogP contribution in [0.2, 0.25) is 0 Å². The number of carbonyl (C=O) groups excluding carboxylic acids is 3. The van der Waals surface area contributed by atoms with Crippen molar-refractivity contribution in [2.45, 2.75) is 19.4 Å². The topological polar surface area (TPSA) is 112 Å². The van der Waals surface area contributed by atoms with Gasteiger partial charge < -0.3 is 29.6 Å². The number of hydrogen-bond acceptors (Lipinski definition) is 8. The molecular formula is C22H22N2O7S. The number of thiophene rings is 1. The number of rotatable bonds is 7. The van der Waals surface area contributed by atoms with Crippen LogP contribution in [0.5, 0.6) is 11.5 Å². The summed E-state index contributed by atoms with van der Waals surface area (Å²) in [6.07, 6.45) is -0.000784. The fourth-order valence-electron chi connectivity index (χ4n) is 3.42. The third-order valence-corrected chi connectivity index (χ3v) is 5.75. The van der Waals surface area contributed by atoms with Crippen molar-refractivity contribution in [3.63, 3.8) is 0 Å². The number of esters is 2. The highest BCUT2D eigenvalue weighted by molar-refractivity contribution is 7.10. The number of fused-ring (bicyclic) bond motifs is 1. The van der Waals surface area contributed by atoms with E-state index in [-0.39, 0.29) is 30.9 Å².